The summed E-state index contributed by atoms with van der Waals surface area (Å²) in [4.78, 5) is 33.7. The van der Waals surface area contributed by atoms with Crippen molar-refractivity contribution in [3.05, 3.63) is 11.9 Å². The summed E-state index contributed by atoms with van der Waals surface area (Å²) in [5, 5.41) is 11.5. The Labute approximate surface area is 102 Å². The van der Waals surface area contributed by atoms with Crippen LogP contribution in [0.15, 0.2) is 6.20 Å². The van der Waals surface area contributed by atoms with E-state index in [-0.39, 0.29) is 5.69 Å². The molecule has 1 unspecified atom stereocenters. The predicted molar refractivity (Wildman–Crippen MR) is 58.7 cm³/mol. The highest BCUT2D eigenvalue weighted by atomic mass is 16.5. The predicted octanol–water partition coefficient (Wildman–Crippen LogP) is -0.919. The molecule has 0 saturated heterocycles. The van der Waals surface area contributed by atoms with Gasteiger partial charge in [0.05, 0.1) is 13.3 Å². The molecule has 9 heteroatoms. The van der Waals surface area contributed by atoms with E-state index in [4.69, 9.17) is 0 Å². The monoisotopic (exact) mass is 255 g/mol. The molecule has 1 heterocycles. The topological polar surface area (TPSA) is 115 Å². The molecule has 0 aliphatic carbocycles. The average Bonchev–Trinajstić information content (AvgIpc) is 2.86. The maximum absolute atomic E-state index is 11.6. The molecular weight excluding hydrogens is 242 g/mol. The maximum Gasteiger partial charge on any atom is 0.360 e. The molecule has 0 fully saturated rings. The van der Waals surface area contributed by atoms with Crippen LogP contribution in [-0.4, -0.2) is 47.1 Å². The molecule has 0 bridgehead atoms. The van der Waals surface area contributed by atoms with Gasteiger partial charge in [-0.05, 0) is 6.92 Å². The van der Waals surface area contributed by atoms with E-state index in [1.165, 1.54) is 27.3 Å². The minimum absolute atomic E-state index is 0.0166. The van der Waals surface area contributed by atoms with Crippen LogP contribution in [0.25, 0.3) is 0 Å². The lowest BCUT2D eigenvalue weighted by atomic mass is 10.3. The number of aromatic nitrogens is 3. The number of imide groups is 1. The lowest BCUT2D eigenvalue weighted by Gasteiger charge is -2.10. The quantitative estimate of drug-likeness (QED) is 0.675. The molecule has 3 amide bonds. The number of esters is 1. The van der Waals surface area contributed by atoms with Crippen LogP contribution < -0.4 is 10.6 Å². The van der Waals surface area contributed by atoms with Gasteiger partial charge in [0.15, 0.2) is 5.69 Å². The molecule has 0 aromatic carbocycles. The molecule has 9 nitrogen and oxygen atoms in total. The van der Waals surface area contributed by atoms with Gasteiger partial charge in [0.25, 0.3) is 5.91 Å². The SMILES string of the molecule is CNC(=O)NC(=O)C(C)n1cc(C(=O)OC)nn1. The fourth-order valence-electron chi connectivity index (χ4n) is 1.06. The van der Waals surface area contributed by atoms with Crippen molar-refractivity contribution in [2.75, 3.05) is 14.2 Å². The molecule has 0 spiro atoms. The van der Waals surface area contributed by atoms with Crippen molar-refractivity contribution in [1.82, 2.24) is 25.6 Å². The number of ether oxygens (including phenoxy) is 1. The van der Waals surface area contributed by atoms with Crippen LogP contribution in [0, 0.1) is 0 Å². The van der Waals surface area contributed by atoms with Gasteiger partial charge in [-0.1, -0.05) is 5.21 Å². The molecule has 1 rings (SSSR count). The van der Waals surface area contributed by atoms with Crippen molar-refractivity contribution < 1.29 is 19.1 Å². The first kappa shape index (κ1) is 13.6. The van der Waals surface area contributed by atoms with E-state index in [1.807, 2.05) is 0 Å². The Hall–Kier alpha value is -2.45. The van der Waals surface area contributed by atoms with Crippen LogP contribution in [0.2, 0.25) is 0 Å². The summed E-state index contributed by atoms with van der Waals surface area (Å²) in [6.07, 6.45) is 1.26. The first-order valence-electron chi connectivity index (χ1n) is 5.02. The lowest BCUT2D eigenvalue weighted by Crippen LogP contribution is -2.40. The maximum atomic E-state index is 11.6. The third-order valence-corrected chi connectivity index (χ3v) is 2.14. The van der Waals surface area contributed by atoms with Crippen LogP contribution in [0.5, 0.6) is 0 Å². The molecule has 98 valence electrons. The Morgan fingerprint density at radius 2 is 2.11 bits per heavy atom. The number of nitrogens with one attached hydrogen (secondary N) is 2. The number of methoxy groups -OCH3 is 1. The number of rotatable bonds is 3. The van der Waals surface area contributed by atoms with Crippen LogP contribution in [0.3, 0.4) is 0 Å². The Morgan fingerprint density at radius 1 is 1.44 bits per heavy atom. The summed E-state index contributed by atoms with van der Waals surface area (Å²) in [5.74, 6) is -1.23. The standard InChI is InChI=1S/C9H13N5O4/c1-5(7(15)11-9(17)10-2)14-4-6(12-13-14)8(16)18-3/h4-5H,1-3H3,(H2,10,11,15,17). The van der Waals surface area contributed by atoms with Gasteiger partial charge in [-0.3, -0.25) is 10.1 Å². The zero-order chi connectivity index (χ0) is 13.7. The summed E-state index contributed by atoms with van der Waals surface area (Å²) in [5.41, 5.74) is -0.0166. The van der Waals surface area contributed by atoms with Crippen molar-refractivity contribution in [3.63, 3.8) is 0 Å². The largest absolute Gasteiger partial charge is 0.464 e. The minimum Gasteiger partial charge on any atom is -0.464 e. The molecule has 2 N–H and O–H groups in total. The first-order chi connectivity index (χ1) is 8.49. The highest BCUT2D eigenvalue weighted by molar-refractivity contribution is 5.96. The van der Waals surface area contributed by atoms with Crippen molar-refractivity contribution >= 4 is 17.9 Å². The molecule has 0 aliphatic rings. The zero-order valence-electron chi connectivity index (χ0n) is 10.1. The van der Waals surface area contributed by atoms with Gasteiger partial charge < -0.3 is 10.1 Å². The number of hydrogen-bond acceptors (Lipinski definition) is 6. The summed E-state index contributed by atoms with van der Waals surface area (Å²) >= 11 is 0. The molecule has 0 aliphatic heterocycles. The Morgan fingerprint density at radius 3 is 2.67 bits per heavy atom. The average molecular weight is 255 g/mol. The first-order valence-corrected chi connectivity index (χ1v) is 5.02. The van der Waals surface area contributed by atoms with Gasteiger partial charge in [-0.2, -0.15) is 0 Å². The second kappa shape index (κ2) is 5.75. The van der Waals surface area contributed by atoms with E-state index >= 15 is 0 Å². The van der Waals surface area contributed by atoms with Crippen LogP contribution >= 0.6 is 0 Å². The Bertz CT molecular complexity index is 469. The molecule has 0 saturated carbocycles. The highest BCUT2D eigenvalue weighted by Gasteiger charge is 2.20. The van der Waals surface area contributed by atoms with Crippen LogP contribution in [0.4, 0.5) is 4.79 Å². The number of nitrogens with zero attached hydrogens (tertiary/aromatic N) is 3. The van der Waals surface area contributed by atoms with Crippen molar-refractivity contribution in [2.45, 2.75) is 13.0 Å². The second-order valence-electron chi connectivity index (χ2n) is 3.32. The lowest BCUT2D eigenvalue weighted by molar-refractivity contribution is -0.123. The van der Waals surface area contributed by atoms with Gasteiger partial charge in [0.2, 0.25) is 0 Å². The summed E-state index contributed by atoms with van der Waals surface area (Å²) in [6, 6.07) is -1.41. The number of hydrogen-bond donors (Lipinski definition) is 2. The normalized spacial score (nSPS) is 11.5. The van der Waals surface area contributed by atoms with E-state index in [0.717, 1.165) is 4.68 Å². The van der Waals surface area contributed by atoms with Crippen LogP contribution in [-0.2, 0) is 9.53 Å². The summed E-state index contributed by atoms with van der Waals surface area (Å²) in [6.45, 7) is 1.51. The molecule has 1 atom stereocenters. The van der Waals surface area contributed by atoms with Crippen molar-refractivity contribution in [2.24, 2.45) is 0 Å². The van der Waals surface area contributed by atoms with E-state index in [1.54, 1.807) is 0 Å². The van der Waals surface area contributed by atoms with Gasteiger partial charge in [0, 0.05) is 7.05 Å². The fourth-order valence-corrected chi connectivity index (χ4v) is 1.06. The number of urea groups is 1. The second-order valence-corrected chi connectivity index (χ2v) is 3.32. The van der Waals surface area contributed by atoms with Gasteiger partial charge >= 0.3 is 12.0 Å². The van der Waals surface area contributed by atoms with Gasteiger partial charge in [0.1, 0.15) is 6.04 Å². The zero-order valence-corrected chi connectivity index (χ0v) is 10.1. The number of carbonyl (C=O) groups is 3. The molecular formula is C9H13N5O4. The third kappa shape index (κ3) is 3.03. The van der Waals surface area contributed by atoms with E-state index < -0.39 is 23.9 Å². The molecule has 0 radical (unpaired) electrons. The highest BCUT2D eigenvalue weighted by Crippen LogP contribution is 2.05. The van der Waals surface area contributed by atoms with Crippen molar-refractivity contribution in [3.8, 4) is 0 Å². The smallest absolute Gasteiger partial charge is 0.360 e. The fraction of sp³-hybridized carbons (Fsp3) is 0.444. The van der Waals surface area contributed by atoms with E-state index in [0.29, 0.717) is 0 Å². The number of amides is 3. The third-order valence-electron chi connectivity index (χ3n) is 2.14. The Balaban J connectivity index is 2.75. The Kier molecular flexibility index (Phi) is 4.35. The van der Waals surface area contributed by atoms with E-state index in [9.17, 15) is 14.4 Å². The molecule has 1 aromatic heterocycles. The molecule has 18 heavy (non-hydrogen) atoms. The van der Waals surface area contributed by atoms with Crippen LogP contribution in [0.1, 0.15) is 23.5 Å². The summed E-state index contributed by atoms with van der Waals surface area (Å²) < 4.78 is 5.61. The van der Waals surface area contributed by atoms with Gasteiger partial charge in [-0.15, -0.1) is 5.10 Å². The minimum atomic E-state index is -0.784. The molecule has 1 aromatic rings. The summed E-state index contributed by atoms with van der Waals surface area (Å²) in [7, 11) is 2.60. The van der Waals surface area contributed by atoms with E-state index in [2.05, 4.69) is 25.7 Å². The van der Waals surface area contributed by atoms with Crippen molar-refractivity contribution in [1.29, 1.82) is 0 Å². The number of carbonyl (C=O) groups excluding carboxylic acids is 3. The van der Waals surface area contributed by atoms with Gasteiger partial charge in [-0.25, -0.2) is 14.3 Å².